The molecule has 0 bridgehead atoms. The van der Waals surface area contributed by atoms with E-state index in [0.29, 0.717) is 12.1 Å². The molecule has 1 aromatic rings. The van der Waals surface area contributed by atoms with E-state index in [-0.39, 0.29) is 5.02 Å². The molecule has 0 radical (unpaired) electrons. The fourth-order valence-electron chi connectivity index (χ4n) is 0.912. The van der Waals surface area contributed by atoms with Gasteiger partial charge in [0.25, 0.3) is 0 Å². The number of alkyl halides is 5. The van der Waals surface area contributed by atoms with Crippen molar-refractivity contribution in [2.24, 2.45) is 0 Å². The summed E-state index contributed by atoms with van der Waals surface area (Å²) >= 11 is 5.26. The second-order valence-electron chi connectivity index (χ2n) is 2.73. The molecule has 1 N–H and O–H groups in total. The molecule has 0 amide bonds. The first-order valence-electron chi connectivity index (χ1n) is 3.60. The summed E-state index contributed by atoms with van der Waals surface area (Å²) in [6.07, 6.45) is -5.77. The van der Waals surface area contributed by atoms with E-state index in [9.17, 15) is 22.0 Å². The van der Waals surface area contributed by atoms with Crippen molar-refractivity contribution < 1.29 is 27.1 Å². The van der Waals surface area contributed by atoms with E-state index < -0.39 is 23.4 Å². The predicted octanol–water partition coefficient (Wildman–Crippen LogP) is 3.70. The van der Waals surface area contributed by atoms with E-state index in [2.05, 4.69) is 0 Å². The van der Waals surface area contributed by atoms with Crippen molar-refractivity contribution in [1.29, 1.82) is 0 Å². The van der Waals surface area contributed by atoms with Gasteiger partial charge in [-0.3, -0.25) is 0 Å². The molecule has 0 unspecified atom stereocenters. The van der Waals surface area contributed by atoms with Crippen molar-refractivity contribution in [3.63, 3.8) is 0 Å². The zero-order chi connectivity index (χ0) is 11.9. The maximum Gasteiger partial charge on any atom is 0.458 e. The minimum atomic E-state index is -5.77. The molecule has 0 aliphatic heterocycles. The molecule has 0 aliphatic carbocycles. The van der Waals surface area contributed by atoms with Gasteiger partial charge in [0.1, 0.15) is 5.75 Å². The average Bonchev–Trinajstić information content (AvgIpc) is 2.07. The number of hydrogen-bond donors (Lipinski definition) is 1. The number of hydrogen-bond acceptors (Lipinski definition) is 1. The van der Waals surface area contributed by atoms with E-state index in [1.807, 2.05) is 0 Å². The van der Waals surface area contributed by atoms with Crippen LogP contribution in [0.2, 0.25) is 5.02 Å². The van der Waals surface area contributed by atoms with Crippen molar-refractivity contribution in [2.75, 3.05) is 0 Å². The molecule has 1 rings (SSSR count). The Hall–Kier alpha value is -1.04. The molecule has 0 spiro atoms. The van der Waals surface area contributed by atoms with Crippen LogP contribution in [0.4, 0.5) is 22.0 Å². The topological polar surface area (TPSA) is 20.2 Å². The summed E-state index contributed by atoms with van der Waals surface area (Å²) in [5.74, 6) is -6.27. The van der Waals surface area contributed by atoms with Crippen LogP contribution in [-0.2, 0) is 5.92 Å². The smallest absolute Gasteiger partial charge is 0.458 e. The average molecular weight is 247 g/mol. The molecule has 0 aliphatic rings. The Morgan fingerprint density at radius 3 is 2.07 bits per heavy atom. The van der Waals surface area contributed by atoms with Gasteiger partial charge < -0.3 is 5.11 Å². The number of halogens is 6. The van der Waals surface area contributed by atoms with Crippen LogP contribution in [0.3, 0.4) is 0 Å². The highest BCUT2D eigenvalue weighted by molar-refractivity contribution is 6.30. The third-order valence-corrected chi connectivity index (χ3v) is 1.89. The minimum Gasteiger partial charge on any atom is -0.507 e. The van der Waals surface area contributed by atoms with E-state index >= 15 is 0 Å². The maximum atomic E-state index is 12.8. The molecule has 1 aromatic carbocycles. The summed E-state index contributed by atoms with van der Waals surface area (Å²) in [6.45, 7) is 0. The molecule has 0 saturated heterocycles. The number of benzene rings is 1. The van der Waals surface area contributed by atoms with Gasteiger partial charge in [-0.05, 0) is 18.2 Å². The molecule has 0 heterocycles. The monoisotopic (exact) mass is 246 g/mol. The van der Waals surface area contributed by atoms with Crippen LogP contribution in [-0.4, -0.2) is 11.3 Å². The Balaban J connectivity index is 3.32. The molecule has 0 fully saturated rings. The lowest BCUT2D eigenvalue weighted by Crippen LogP contribution is -2.33. The molecule has 1 nitrogen and oxygen atoms in total. The summed E-state index contributed by atoms with van der Waals surface area (Å²) in [5.41, 5.74) is -1.55. The lowest BCUT2D eigenvalue weighted by atomic mass is 10.1. The van der Waals surface area contributed by atoms with Crippen LogP contribution in [0, 0.1) is 0 Å². The molecular formula is C8H4ClF5O. The maximum absolute atomic E-state index is 12.8. The highest BCUT2D eigenvalue weighted by Crippen LogP contribution is 2.47. The van der Waals surface area contributed by atoms with Gasteiger partial charge in [-0.25, -0.2) is 0 Å². The van der Waals surface area contributed by atoms with Gasteiger partial charge in [0.05, 0.1) is 5.56 Å². The lowest BCUT2D eigenvalue weighted by Gasteiger charge is -2.20. The van der Waals surface area contributed by atoms with Gasteiger partial charge in [0, 0.05) is 5.02 Å². The second-order valence-corrected chi connectivity index (χ2v) is 3.17. The van der Waals surface area contributed by atoms with Gasteiger partial charge >= 0.3 is 12.1 Å². The van der Waals surface area contributed by atoms with E-state index in [4.69, 9.17) is 16.7 Å². The Kier molecular flexibility index (Phi) is 2.82. The quantitative estimate of drug-likeness (QED) is 0.749. The highest BCUT2D eigenvalue weighted by Gasteiger charge is 2.59. The number of phenols is 1. The van der Waals surface area contributed by atoms with E-state index in [1.165, 1.54) is 0 Å². The van der Waals surface area contributed by atoms with Crippen molar-refractivity contribution in [1.82, 2.24) is 0 Å². The second kappa shape index (κ2) is 3.52. The number of rotatable bonds is 1. The molecule has 0 atom stereocenters. The molecule has 0 aromatic heterocycles. The molecule has 84 valence electrons. The van der Waals surface area contributed by atoms with E-state index in [1.54, 1.807) is 0 Å². The Morgan fingerprint density at radius 1 is 1.07 bits per heavy atom. The summed E-state index contributed by atoms with van der Waals surface area (Å²) < 4.78 is 61.3. The molecule has 15 heavy (non-hydrogen) atoms. The van der Waals surface area contributed by atoms with Gasteiger partial charge in [-0.2, -0.15) is 22.0 Å². The number of aromatic hydroxyl groups is 1. The summed E-state index contributed by atoms with van der Waals surface area (Å²) in [6, 6.07) is 2.06. The van der Waals surface area contributed by atoms with Gasteiger partial charge in [-0.1, -0.05) is 11.6 Å². The van der Waals surface area contributed by atoms with Crippen LogP contribution in [0.25, 0.3) is 0 Å². The van der Waals surface area contributed by atoms with E-state index in [0.717, 1.165) is 6.07 Å². The van der Waals surface area contributed by atoms with Gasteiger partial charge in [-0.15, -0.1) is 0 Å². The Bertz CT molecular complexity index is 374. The van der Waals surface area contributed by atoms with Crippen molar-refractivity contribution in [3.05, 3.63) is 28.8 Å². The largest absolute Gasteiger partial charge is 0.507 e. The third-order valence-electron chi connectivity index (χ3n) is 1.65. The Morgan fingerprint density at radius 2 is 1.60 bits per heavy atom. The SMILES string of the molecule is Oc1ccc(Cl)cc1C(F)(F)C(F)(F)F. The summed E-state index contributed by atoms with van der Waals surface area (Å²) in [7, 11) is 0. The Labute approximate surface area is 86.1 Å². The fourth-order valence-corrected chi connectivity index (χ4v) is 1.08. The first-order valence-corrected chi connectivity index (χ1v) is 3.97. The van der Waals surface area contributed by atoms with Crippen LogP contribution in [0.1, 0.15) is 5.56 Å². The van der Waals surface area contributed by atoms with Gasteiger partial charge in [0.15, 0.2) is 0 Å². The lowest BCUT2D eigenvalue weighted by molar-refractivity contribution is -0.289. The zero-order valence-corrected chi connectivity index (χ0v) is 7.70. The first kappa shape index (κ1) is 12.0. The first-order chi connectivity index (χ1) is 6.66. The van der Waals surface area contributed by atoms with Crippen molar-refractivity contribution in [3.8, 4) is 5.75 Å². The van der Waals surface area contributed by atoms with Gasteiger partial charge in [0.2, 0.25) is 0 Å². The van der Waals surface area contributed by atoms with Crippen LogP contribution in [0.5, 0.6) is 5.75 Å². The molecule has 7 heteroatoms. The van der Waals surface area contributed by atoms with Crippen LogP contribution in [0.15, 0.2) is 18.2 Å². The predicted molar refractivity (Wildman–Crippen MR) is 43.1 cm³/mol. The molecular weight excluding hydrogens is 243 g/mol. The zero-order valence-electron chi connectivity index (χ0n) is 6.95. The van der Waals surface area contributed by atoms with Crippen LogP contribution >= 0.6 is 11.6 Å². The molecule has 0 saturated carbocycles. The highest BCUT2D eigenvalue weighted by atomic mass is 35.5. The number of phenolic OH excluding ortho intramolecular Hbond substituents is 1. The fraction of sp³-hybridized carbons (Fsp3) is 0.250. The summed E-state index contributed by atoms with van der Waals surface area (Å²) in [5, 5.41) is 8.58. The summed E-state index contributed by atoms with van der Waals surface area (Å²) in [4.78, 5) is 0. The standard InChI is InChI=1S/C8H4ClF5O/c9-4-1-2-6(15)5(3-4)7(10,11)8(12,13)14/h1-3,15H. The van der Waals surface area contributed by atoms with Crippen molar-refractivity contribution in [2.45, 2.75) is 12.1 Å². The van der Waals surface area contributed by atoms with Crippen LogP contribution < -0.4 is 0 Å². The minimum absolute atomic E-state index is 0.313. The normalized spacial score (nSPS) is 12.9. The van der Waals surface area contributed by atoms with Crippen molar-refractivity contribution >= 4 is 11.6 Å². The third kappa shape index (κ3) is 2.14.